The largest absolute Gasteiger partial charge is 0.462 e. The van der Waals surface area contributed by atoms with Gasteiger partial charge in [0.1, 0.15) is 5.56 Å². The zero-order valence-corrected chi connectivity index (χ0v) is 12.4. The molecule has 0 bridgehead atoms. The highest BCUT2D eigenvalue weighted by molar-refractivity contribution is 6.00. The van der Waals surface area contributed by atoms with Crippen molar-refractivity contribution in [3.63, 3.8) is 0 Å². The van der Waals surface area contributed by atoms with E-state index in [2.05, 4.69) is 0 Å². The summed E-state index contributed by atoms with van der Waals surface area (Å²) in [5.41, 5.74) is 11.0. The average molecular weight is 272 g/mol. The Morgan fingerprint density at radius 1 is 1.25 bits per heavy atom. The van der Waals surface area contributed by atoms with Crippen LogP contribution in [-0.2, 0) is 11.8 Å². The maximum atomic E-state index is 12.0. The number of aromatic nitrogens is 1. The van der Waals surface area contributed by atoms with Crippen molar-refractivity contribution in [3.05, 3.63) is 41.1 Å². The van der Waals surface area contributed by atoms with E-state index in [0.29, 0.717) is 17.9 Å². The molecule has 106 valence electrons. The highest BCUT2D eigenvalue weighted by Gasteiger charge is 2.23. The van der Waals surface area contributed by atoms with Gasteiger partial charge >= 0.3 is 5.97 Å². The molecule has 2 aromatic rings. The van der Waals surface area contributed by atoms with Crippen molar-refractivity contribution < 1.29 is 9.53 Å². The molecule has 0 atom stereocenters. The molecule has 0 saturated carbocycles. The fraction of sp³-hybridized carbons (Fsp3) is 0.312. The summed E-state index contributed by atoms with van der Waals surface area (Å²) in [6.45, 7) is 6.04. The van der Waals surface area contributed by atoms with E-state index < -0.39 is 0 Å². The molecule has 0 fully saturated rings. The molecule has 0 radical (unpaired) electrons. The normalized spacial score (nSPS) is 10.6. The molecule has 1 heterocycles. The van der Waals surface area contributed by atoms with Gasteiger partial charge in [-0.1, -0.05) is 29.8 Å². The summed E-state index contributed by atoms with van der Waals surface area (Å²) in [5, 5.41) is 0. The first kappa shape index (κ1) is 14.2. The number of nitrogen functional groups attached to an aromatic ring is 1. The summed E-state index contributed by atoms with van der Waals surface area (Å²) >= 11 is 0. The van der Waals surface area contributed by atoms with Gasteiger partial charge in [-0.25, -0.2) is 4.79 Å². The number of ether oxygens (including phenoxy) is 1. The van der Waals surface area contributed by atoms with Crippen LogP contribution in [-0.4, -0.2) is 17.1 Å². The van der Waals surface area contributed by atoms with Gasteiger partial charge in [-0.3, -0.25) is 0 Å². The lowest BCUT2D eigenvalue weighted by Gasteiger charge is -2.06. The van der Waals surface area contributed by atoms with Crippen molar-refractivity contribution in [2.24, 2.45) is 7.05 Å². The zero-order chi connectivity index (χ0) is 14.9. The molecule has 0 unspecified atom stereocenters. The van der Waals surface area contributed by atoms with Crippen LogP contribution in [0.5, 0.6) is 0 Å². The van der Waals surface area contributed by atoms with Gasteiger partial charge in [0.15, 0.2) is 0 Å². The summed E-state index contributed by atoms with van der Waals surface area (Å²) in [4.78, 5) is 12.0. The fourth-order valence-corrected chi connectivity index (χ4v) is 2.35. The van der Waals surface area contributed by atoms with Crippen LogP contribution in [0.3, 0.4) is 0 Å². The molecule has 2 rings (SSSR count). The molecule has 2 N–H and O–H groups in total. The minimum absolute atomic E-state index is 0.340. The summed E-state index contributed by atoms with van der Waals surface area (Å²) < 4.78 is 7.02. The number of anilines is 1. The second-order valence-electron chi connectivity index (χ2n) is 4.87. The molecule has 0 aliphatic carbocycles. The first-order valence-corrected chi connectivity index (χ1v) is 6.66. The molecule has 4 heteroatoms. The van der Waals surface area contributed by atoms with Gasteiger partial charge in [0.25, 0.3) is 0 Å². The first-order chi connectivity index (χ1) is 9.47. The Hall–Kier alpha value is -2.23. The van der Waals surface area contributed by atoms with E-state index in [4.69, 9.17) is 10.5 Å². The minimum atomic E-state index is -0.364. The van der Waals surface area contributed by atoms with Gasteiger partial charge in [0.2, 0.25) is 0 Å². The third-order valence-electron chi connectivity index (χ3n) is 3.53. The third-order valence-corrected chi connectivity index (χ3v) is 3.53. The van der Waals surface area contributed by atoms with E-state index in [1.54, 1.807) is 6.92 Å². The van der Waals surface area contributed by atoms with Gasteiger partial charge in [0, 0.05) is 18.3 Å². The number of carbonyl (C=O) groups is 1. The third kappa shape index (κ3) is 2.29. The topological polar surface area (TPSA) is 57.2 Å². The lowest BCUT2D eigenvalue weighted by molar-refractivity contribution is 0.0526. The molecule has 4 nitrogen and oxygen atoms in total. The van der Waals surface area contributed by atoms with Crippen molar-refractivity contribution >= 4 is 11.7 Å². The van der Waals surface area contributed by atoms with E-state index in [1.807, 2.05) is 49.7 Å². The number of rotatable bonds is 3. The van der Waals surface area contributed by atoms with Gasteiger partial charge in [0.05, 0.1) is 18.0 Å². The van der Waals surface area contributed by atoms with Crippen LogP contribution in [0.1, 0.15) is 28.5 Å². The first-order valence-electron chi connectivity index (χ1n) is 6.66. The van der Waals surface area contributed by atoms with Gasteiger partial charge in [-0.05, 0) is 20.8 Å². The van der Waals surface area contributed by atoms with Crippen molar-refractivity contribution in [3.8, 4) is 11.3 Å². The van der Waals surface area contributed by atoms with E-state index in [1.165, 1.54) is 5.56 Å². The second-order valence-corrected chi connectivity index (χ2v) is 4.87. The Morgan fingerprint density at radius 3 is 2.40 bits per heavy atom. The Morgan fingerprint density at radius 2 is 1.85 bits per heavy atom. The number of esters is 1. The number of hydrogen-bond acceptors (Lipinski definition) is 3. The van der Waals surface area contributed by atoms with E-state index in [0.717, 1.165) is 17.0 Å². The maximum Gasteiger partial charge on any atom is 0.342 e. The molecule has 20 heavy (non-hydrogen) atoms. The van der Waals surface area contributed by atoms with Gasteiger partial charge < -0.3 is 15.0 Å². The Kier molecular flexibility index (Phi) is 3.84. The van der Waals surface area contributed by atoms with Crippen molar-refractivity contribution in [2.75, 3.05) is 12.3 Å². The second kappa shape index (κ2) is 5.41. The van der Waals surface area contributed by atoms with E-state index in [-0.39, 0.29) is 5.97 Å². The lowest BCUT2D eigenvalue weighted by Crippen LogP contribution is -2.08. The van der Waals surface area contributed by atoms with Crippen LogP contribution >= 0.6 is 0 Å². The SMILES string of the molecule is CCOC(=O)c1c(N)c(-c2ccc(C)cc2)n(C)c1C. The zero-order valence-electron chi connectivity index (χ0n) is 12.4. The van der Waals surface area contributed by atoms with Crippen LogP contribution in [0.25, 0.3) is 11.3 Å². The number of nitrogens with zero attached hydrogens (tertiary/aromatic N) is 1. The lowest BCUT2D eigenvalue weighted by atomic mass is 10.1. The highest BCUT2D eigenvalue weighted by Crippen LogP contribution is 2.33. The smallest absolute Gasteiger partial charge is 0.342 e. The number of carbonyl (C=O) groups excluding carboxylic acids is 1. The summed E-state index contributed by atoms with van der Waals surface area (Å²) in [5.74, 6) is -0.364. The van der Waals surface area contributed by atoms with Gasteiger partial charge in [-0.2, -0.15) is 0 Å². The molecule has 0 saturated heterocycles. The average Bonchev–Trinajstić information content (AvgIpc) is 2.62. The Labute approximate surface area is 119 Å². The van der Waals surface area contributed by atoms with Crippen LogP contribution in [0.15, 0.2) is 24.3 Å². The molecule has 0 spiro atoms. The Bertz CT molecular complexity index is 639. The quantitative estimate of drug-likeness (QED) is 0.874. The highest BCUT2D eigenvalue weighted by atomic mass is 16.5. The fourth-order valence-electron chi connectivity index (χ4n) is 2.35. The minimum Gasteiger partial charge on any atom is -0.462 e. The van der Waals surface area contributed by atoms with Gasteiger partial charge in [-0.15, -0.1) is 0 Å². The van der Waals surface area contributed by atoms with E-state index in [9.17, 15) is 4.79 Å². The van der Waals surface area contributed by atoms with Crippen molar-refractivity contribution in [1.82, 2.24) is 4.57 Å². The molecule has 0 amide bonds. The Balaban J connectivity index is 2.58. The van der Waals surface area contributed by atoms with Crippen molar-refractivity contribution in [1.29, 1.82) is 0 Å². The number of aryl methyl sites for hydroxylation is 1. The maximum absolute atomic E-state index is 12.0. The molecule has 1 aromatic heterocycles. The van der Waals surface area contributed by atoms with Crippen LogP contribution < -0.4 is 5.73 Å². The number of nitrogens with two attached hydrogens (primary N) is 1. The van der Waals surface area contributed by atoms with Crippen LogP contribution in [0.4, 0.5) is 5.69 Å². The molecule has 0 aliphatic rings. The predicted molar refractivity (Wildman–Crippen MR) is 80.7 cm³/mol. The molecule has 0 aliphatic heterocycles. The molecule has 1 aromatic carbocycles. The number of hydrogen-bond donors (Lipinski definition) is 1. The monoisotopic (exact) mass is 272 g/mol. The standard InChI is InChI=1S/C16H20N2O2/c1-5-20-16(19)13-11(3)18(4)15(14(13)17)12-8-6-10(2)7-9-12/h6-9H,5,17H2,1-4H3. The van der Waals surface area contributed by atoms with Crippen molar-refractivity contribution in [2.45, 2.75) is 20.8 Å². The van der Waals surface area contributed by atoms with Crippen LogP contribution in [0.2, 0.25) is 0 Å². The van der Waals surface area contributed by atoms with E-state index >= 15 is 0 Å². The molecular weight excluding hydrogens is 252 g/mol. The summed E-state index contributed by atoms with van der Waals surface area (Å²) in [6, 6.07) is 8.08. The summed E-state index contributed by atoms with van der Waals surface area (Å²) in [7, 11) is 1.91. The van der Waals surface area contributed by atoms with Crippen LogP contribution in [0, 0.1) is 13.8 Å². The predicted octanol–water partition coefficient (Wildman–Crippen LogP) is 3.07. The summed E-state index contributed by atoms with van der Waals surface area (Å²) in [6.07, 6.45) is 0. The number of benzene rings is 1. The molecular formula is C16H20N2O2.